The first kappa shape index (κ1) is 18.5. The predicted octanol–water partition coefficient (Wildman–Crippen LogP) is 5.49. The van der Waals surface area contributed by atoms with Gasteiger partial charge in [-0.3, -0.25) is 4.90 Å². The molecule has 27 heavy (non-hydrogen) atoms. The largest absolute Gasteiger partial charge is 0.493 e. The van der Waals surface area contributed by atoms with Gasteiger partial charge in [0, 0.05) is 19.1 Å². The molecule has 0 saturated heterocycles. The Morgan fingerprint density at radius 1 is 1.04 bits per heavy atom. The summed E-state index contributed by atoms with van der Waals surface area (Å²) in [5.41, 5.74) is 7.33. The van der Waals surface area contributed by atoms with E-state index < -0.39 is 0 Å². The fraction of sp³-hybridized carbons (Fsp3) is 0.435. The summed E-state index contributed by atoms with van der Waals surface area (Å²) in [6.45, 7) is 9.64. The zero-order valence-electron chi connectivity index (χ0n) is 16.4. The third kappa shape index (κ3) is 4.17. The number of nitrogens with zero attached hydrogens (tertiary/aromatic N) is 2. The summed E-state index contributed by atoms with van der Waals surface area (Å²) in [6.07, 6.45) is 2.18. The van der Waals surface area contributed by atoms with Crippen LogP contribution in [0, 0.1) is 5.92 Å². The standard InChI is InChI=1S/C23H28N2OS/c1-16(2)14-26-21-6-4-18-8-10-25(11-9-20(18)12-21)17(3)19-5-7-23-22(13-19)24-15-27-23/h4-7,12-13,15-17H,8-11,14H2,1-3H3/t17-/m1/s1. The Kier molecular flexibility index (Phi) is 5.46. The Bertz CT molecular complexity index is 918. The van der Waals surface area contributed by atoms with Gasteiger partial charge in [-0.2, -0.15) is 0 Å². The van der Waals surface area contributed by atoms with Crippen molar-refractivity contribution in [3.05, 3.63) is 58.6 Å². The van der Waals surface area contributed by atoms with Crippen molar-refractivity contribution in [2.45, 2.75) is 39.7 Å². The first-order chi connectivity index (χ1) is 13.1. The summed E-state index contributed by atoms with van der Waals surface area (Å²) in [4.78, 5) is 7.08. The van der Waals surface area contributed by atoms with E-state index in [-0.39, 0.29) is 0 Å². The number of thiazole rings is 1. The maximum absolute atomic E-state index is 5.93. The molecular formula is C23H28N2OS. The van der Waals surface area contributed by atoms with Gasteiger partial charge in [0.15, 0.2) is 0 Å². The topological polar surface area (TPSA) is 25.4 Å². The molecule has 1 aromatic heterocycles. The van der Waals surface area contributed by atoms with Gasteiger partial charge in [0.05, 0.1) is 22.3 Å². The number of ether oxygens (including phenoxy) is 1. The molecule has 0 radical (unpaired) electrons. The molecule has 2 aromatic carbocycles. The molecule has 1 aliphatic heterocycles. The molecule has 142 valence electrons. The molecule has 0 amide bonds. The fourth-order valence-electron chi connectivity index (χ4n) is 3.80. The summed E-state index contributed by atoms with van der Waals surface area (Å²) in [5.74, 6) is 1.56. The molecule has 3 nitrogen and oxygen atoms in total. The second-order valence-electron chi connectivity index (χ2n) is 7.93. The molecule has 0 bridgehead atoms. The van der Waals surface area contributed by atoms with E-state index >= 15 is 0 Å². The molecule has 0 N–H and O–H groups in total. The summed E-state index contributed by atoms with van der Waals surface area (Å²) in [5, 5.41) is 0. The van der Waals surface area contributed by atoms with E-state index in [2.05, 4.69) is 67.1 Å². The monoisotopic (exact) mass is 380 g/mol. The Morgan fingerprint density at radius 2 is 1.85 bits per heavy atom. The van der Waals surface area contributed by atoms with Crippen LogP contribution >= 0.6 is 11.3 Å². The zero-order valence-corrected chi connectivity index (χ0v) is 17.3. The maximum atomic E-state index is 5.93. The number of benzene rings is 2. The number of fused-ring (bicyclic) bond motifs is 2. The van der Waals surface area contributed by atoms with Crippen molar-refractivity contribution in [2.75, 3.05) is 19.7 Å². The van der Waals surface area contributed by atoms with Gasteiger partial charge in [-0.1, -0.05) is 26.0 Å². The van der Waals surface area contributed by atoms with Crippen molar-refractivity contribution < 1.29 is 4.74 Å². The van der Waals surface area contributed by atoms with Gasteiger partial charge in [-0.15, -0.1) is 11.3 Å². The SMILES string of the molecule is CC(C)COc1ccc2c(c1)CCN([C@H](C)c1ccc3scnc3c1)CC2. The summed E-state index contributed by atoms with van der Waals surface area (Å²) >= 11 is 1.71. The Morgan fingerprint density at radius 3 is 2.67 bits per heavy atom. The number of rotatable bonds is 5. The van der Waals surface area contributed by atoms with Crippen molar-refractivity contribution in [1.29, 1.82) is 0 Å². The number of hydrogen-bond donors (Lipinski definition) is 0. The highest BCUT2D eigenvalue weighted by molar-refractivity contribution is 7.16. The smallest absolute Gasteiger partial charge is 0.119 e. The van der Waals surface area contributed by atoms with Crippen LogP contribution in [0.5, 0.6) is 5.75 Å². The van der Waals surface area contributed by atoms with Gasteiger partial charge in [-0.05, 0) is 66.6 Å². The quantitative estimate of drug-likeness (QED) is 0.585. The number of hydrogen-bond acceptors (Lipinski definition) is 4. The molecule has 4 heteroatoms. The lowest BCUT2D eigenvalue weighted by atomic mass is 10.0. The van der Waals surface area contributed by atoms with E-state index in [0.717, 1.165) is 43.8 Å². The van der Waals surface area contributed by atoms with E-state index in [1.165, 1.54) is 21.4 Å². The Labute approximate surface area is 166 Å². The van der Waals surface area contributed by atoms with E-state index in [0.29, 0.717) is 12.0 Å². The summed E-state index contributed by atoms with van der Waals surface area (Å²) < 4.78 is 7.20. The second kappa shape index (κ2) is 7.99. The van der Waals surface area contributed by atoms with Crippen LogP contribution in [-0.2, 0) is 12.8 Å². The van der Waals surface area contributed by atoms with E-state index in [9.17, 15) is 0 Å². The highest BCUT2D eigenvalue weighted by Gasteiger charge is 2.20. The van der Waals surface area contributed by atoms with E-state index in [1.807, 2.05) is 5.51 Å². The van der Waals surface area contributed by atoms with Gasteiger partial charge in [0.25, 0.3) is 0 Å². The molecule has 0 saturated carbocycles. The molecule has 2 heterocycles. The van der Waals surface area contributed by atoms with Crippen LogP contribution in [0.3, 0.4) is 0 Å². The van der Waals surface area contributed by atoms with E-state index in [4.69, 9.17) is 4.74 Å². The van der Waals surface area contributed by atoms with Crippen molar-refractivity contribution in [3.63, 3.8) is 0 Å². The molecule has 0 unspecified atom stereocenters. The van der Waals surface area contributed by atoms with Gasteiger partial charge in [0.1, 0.15) is 5.75 Å². The first-order valence-corrected chi connectivity index (χ1v) is 10.8. The van der Waals surface area contributed by atoms with Crippen LogP contribution in [0.15, 0.2) is 41.9 Å². The lowest BCUT2D eigenvalue weighted by Crippen LogP contribution is -2.29. The molecule has 0 aliphatic carbocycles. The van der Waals surface area contributed by atoms with Crippen molar-refractivity contribution in [2.24, 2.45) is 5.92 Å². The maximum Gasteiger partial charge on any atom is 0.119 e. The highest BCUT2D eigenvalue weighted by Crippen LogP contribution is 2.29. The van der Waals surface area contributed by atoms with Crippen LogP contribution in [0.2, 0.25) is 0 Å². The van der Waals surface area contributed by atoms with Crippen LogP contribution in [-0.4, -0.2) is 29.6 Å². The Hall–Kier alpha value is -1.91. The van der Waals surface area contributed by atoms with Crippen LogP contribution < -0.4 is 4.74 Å². The fourth-order valence-corrected chi connectivity index (χ4v) is 4.46. The van der Waals surface area contributed by atoms with Crippen molar-refractivity contribution in [3.8, 4) is 5.75 Å². The molecular weight excluding hydrogens is 352 g/mol. The van der Waals surface area contributed by atoms with Gasteiger partial charge >= 0.3 is 0 Å². The molecule has 0 spiro atoms. The minimum Gasteiger partial charge on any atom is -0.493 e. The molecule has 4 rings (SSSR count). The summed E-state index contributed by atoms with van der Waals surface area (Å²) in [6, 6.07) is 13.8. The average molecular weight is 381 g/mol. The lowest BCUT2D eigenvalue weighted by molar-refractivity contribution is 0.221. The van der Waals surface area contributed by atoms with Crippen LogP contribution in [0.4, 0.5) is 0 Å². The summed E-state index contributed by atoms with van der Waals surface area (Å²) in [7, 11) is 0. The minimum absolute atomic E-state index is 0.405. The predicted molar refractivity (Wildman–Crippen MR) is 114 cm³/mol. The van der Waals surface area contributed by atoms with Crippen molar-refractivity contribution >= 4 is 21.6 Å². The van der Waals surface area contributed by atoms with Crippen molar-refractivity contribution in [1.82, 2.24) is 9.88 Å². The highest BCUT2D eigenvalue weighted by atomic mass is 32.1. The average Bonchev–Trinajstić information content (AvgIpc) is 3.04. The molecule has 0 fully saturated rings. The number of aromatic nitrogens is 1. The lowest BCUT2D eigenvalue weighted by Gasteiger charge is -2.28. The second-order valence-corrected chi connectivity index (χ2v) is 8.81. The van der Waals surface area contributed by atoms with Crippen LogP contribution in [0.1, 0.15) is 43.5 Å². The third-order valence-electron chi connectivity index (χ3n) is 5.48. The zero-order chi connectivity index (χ0) is 18.8. The Balaban J connectivity index is 1.47. The normalized spacial score (nSPS) is 16.3. The minimum atomic E-state index is 0.405. The van der Waals surface area contributed by atoms with Gasteiger partial charge in [-0.25, -0.2) is 4.98 Å². The van der Waals surface area contributed by atoms with Crippen LogP contribution in [0.25, 0.3) is 10.2 Å². The first-order valence-electron chi connectivity index (χ1n) is 9.92. The third-order valence-corrected chi connectivity index (χ3v) is 6.29. The van der Waals surface area contributed by atoms with Gasteiger partial charge in [0.2, 0.25) is 0 Å². The molecule has 1 atom stereocenters. The molecule has 1 aliphatic rings. The van der Waals surface area contributed by atoms with E-state index in [1.54, 1.807) is 11.3 Å². The molecule has 3 aromatic rings. The van der Waals surface area contributed by atoms with Gasteiger partial charge < -0.3 is 4.74 Å².